The van der Waals surface area contributed by atoms with Crippen molar-refractivity contribution in [3.63, 3.8) is 0 Å². The zero-order valence-corrected chi connectivity index (χ0v) is 24.8. The van der Waals surface area contributed by atoms with Gasteiger partial charge in [-0.25, -0.2) is 0 Å². The molecule has 2 heterocycles. The van der Waals surface area contributed by atoms with Gasteiger partial charge in [0.05, 0.1) is 26.4 Å². The SMILES string of the molecule is C.CC.CC.CCC.CCCc1ccc(CN2CCOCC2)cc1.Cc1ccc(N2CCOCC2)cc1. The van der Waals surface area contributed by atoms with Crippen LogP contribution in [0.1, 0.15) is 85.4 Å². The Hall–Kier alpha value is -1.88. The number of morpholine rings is 2. The number of rotatable bonds is 5. The van der Waals surface area contributed by atoms with Gasteiger partial charge in [0.25, 0.3) is 0 Å². The molecule has 0 spiro atoms. The second-order valence-corrected chi connectivity index (χ2v) is 8.60. The van der Waals surface area contributed by atoms with Crippen LogP contribution in [0, 0.1) is 6.92 Å². The van der Waals surface area contributed by atoms with Crippen molar-refractivity contribution in [2.75, 3.05) is 57.5 Å². The first-order chi connectivity index (χ1) is 17.7. The van der Waals surface area contributed by atoms with Crippen molar-refractivity contribution in [3.8, 4) is 0 Å². The van der Waals surface area contributed by atoms with E-state index in [2.05, 4.69) is 86.0 Å². The minimum atomic E-state index is 0. The van der Waals surface area contributed by atoms with Gasteiger partial charge in [-0.15, -0.1) is 0 Å². The highest BCUT2D eigenvalue weighted by molar-refractivity contribution is 5.47. The maximum atomic E-state index is 5.35. The number of hydrogen-bond acceptors (Lipinski definition) is 4. The first kappa shape index (κ1) is 37.3. The van der Waals surface area contributed by atoms with Gasteiger partial charge in [-0.3, -0.25) is 4.90 Å². The molecule has 2 saturated heterocycles. The molecule has 0 bridgehead atoms. The molecule has 0 unspecified atom stereocenters. The van der Waals surface area contributed by atoms with Crippen molar-refractivity contribution in [3.05, 3.63) is 65.2 Å². The lowest BCUT2D eigenvalue weighted by atomic mass is 10.1. The molecule has 2 aliphatic heterocycles. The molecule has 0 aromatic heterocycles. The summed E-state index contributed by atoms with van der Waals surface area (Å²) < 4.78 is 10.7. The van der Waals surface area contributed by atoms with Crippen LogP contribution in [-0.2, 0) is 22.4 Å². The second-order valence-electron chi connectivity index (χ2n) is 8.60. The lowest BCUT2D eigenvalue weighted by molar-refractivity contribution is 0.0342. The summed E-state index contributed by atoms with van der Waals surface area (Å²) in [7, 11) is 0. The summed E-state index contributed by atoms with van der Waals surface area (Å²) in [6.07, 6.45) is 3.67. The fourth-order valence-corrected chi connectivity index (χ4v) is 3.69. The normalized spacial score (nSPS) is 14.5. The smallest absolute Gasteiger partial charge is 0.0642 e. The fourth-order valence-electron chi connectivity index (χ4n) is 3.69. The van der Waals surface area contributed by atoms with Crippen molar-refractivity contribution in [1.29, 1.82) is 0 Å². The van der Waals surface area contributed by atoms with Gasteiger partial charge in [0.2, 0.25) is 0 Å². The molecule has 0 atom stereocenters. The van der Waals surface area contributed by atoms with Crippen molar-refractivity contribution in [2.24, 2.45) is 0 Å². The zero-order valence-electron chi connectivity index (χ0n) is 24.8. The Labute approximate surface area is 231 Å². The van der Waals surface area contributed by atoms with E-state index in [1.165, 1.54) is 41.6 Å². The molecule has 0 amide bonds. The minimum Gasteiger partial charge on any atom is -0.379 e. The molecule has 2 aliphatic rings. The summed E-state index contributed by atoms with van der Waals surface area (Å²) in [5, 5.41) is 0. The summed E-state index contributed by atoms with van der Waals surface area (Å²) in [4.78, 5) is 4.82. The van der Waals surface area contributed by atoms with E-state index in [0.717, 1.165) is 59.2 Å². The maximum absolute atomic E-state index is 5.35. The molecule has 2 fully saturated rings. The molecule has 2 aromatic carbocycles. The van der Waals surface area contributed by atoms with Gasteiger partial charge in [-0.1, -0.05) is 111 Å². The lowest BCUT2D eigenvalue weighted by Crippen LogP contribution is -2.36. The third-order valence-electron chi connectivity index (χ3n) is 5.48. The van der Waals surface area contributed by atoms with Gasteiger partial charge in [0.1, 0.15) is 0 Å². The first-order valence-electron chi connectivity index (χ1n) is 14.4. The predicted molar refractivity (Wildman–Crippen MR) is 166 cm³/mol. The highest BCUT2D eigenvalue weighted by Gasteiger charge is 2.11. The van der Waals surface area contributed by atoms with E-state index < -0.39 is 0 Å². The number of aryl methyl sites for hydroxylation is 2. The summed E-state index contributed by atoms with van der Waals surface area (Å²) in [6.45, 7) is 25.3. The van der Waals surface area contributed by atoms with Crippen LogP contribution in [-0.4, -0.2) is 57.5 Å². The monoisotopic (exact) mass is 516 g/mol. The molecule has 4 heteroatoms. The van der Waals surface area contributed by atoms with Crippen molar-refractivity contribution in [1.82, 2.24) is 4.90 Å². The highest BCUT2D eigenvalue weighted by Crippen LogP contribution is 2.16. The average Bonchev–Trinajstić information content (AvgIpc) is 2.95. The van der Waals surface area contributed by atoms with E-state index in [0.29, 0.717) is 0 Å². The van der Waals surface area contributed by atoms with Crippen LogP contribution in [0.4, 0.5) is 5.69 Å². The van der Waals surface area contributed by atoms with Gasteiger partial charge < -0.3 is 14.4 Å². The Morgan fingerprint density at radius 2 is 1.08 bits per heavy atom. The largest absolute Gasteiger partial charge is 0.379 e. The predicted octanol–water partition coefficient (Wildman–Crippen LogP) is 8.41. The Balaban J connectivity index is 0. The molecule has 0 radical (unpaired) electrons. The van der Waals surface area contributed by atoms with Crippen LogP contribution in [0.2, 0.25) is 0 Å². The van der Waals surface area contributed by atoms with E-state index in [1.807, 2.05) is 27.7 Å². The molecule has 4 rings (SSSR count). The summed E-state index contributed by atoms with van der Waals surface area (Å²) in [6, 6.07) is 17.7. The van der Waals surface area contributed by atoms with Crippen LogP contribution in [0.25, 0.3) is 0 Å². The highest BCUT2D eigenvalue weighted by atomic mass is 16.5. The van der Waals surface area contributed by atoms with E-state index in [9.17, 15) is 0 Å². The molecule has 0 aliphatic carbocycles. The summed E-state index contributed by atoms with van der Waals surface area (Å²) in [5.74, 6) is 0. The van der Waals surface area contributed by atoms with E-state index >= 15 is 0 Å². The van der Waals surface area contributed by atoms with E-state index in [4.69, 9.17) is 9.47 Å². The molecular weight excluding hydrogens is 456 g/mol. The molecular formula is C33H60N2O2. The van der Waals surface area contributed by atoms with Crippen molar-refractivity contribution in [2.45, 2.75) is 88.6 Å². The average molecular weight is 517 g/mol. The molecule has 4 nitrogen and oxygen atoms in total. The van der Waals surface area contributed by atoms with Crippen molar-refractivity contribution < 1.29 is 9.47 Å². The summed E-state index contributed by atoms with van der Waals surface area (Å²) >= 11 is 0. The molecule has 0 saturated carbocycles. The standard InChI is InChI=1S/C14H21NO.C11H15NO.C3H8.2C2H6.CH4/c1-2-3-13-4-6-14(7-5-13)12-15-8-10-16-11-9-15;1-10-2-4-11(5-3-10)12-6-8-13-9-7-12;1-3-2;2*1-2;/h4-7H,2-3,8-12H2,1H3;2-5H,6-9H2,1H3;3H2,1-2H3;2*1-2H3;1H4. The first-order valence-corrected chi connectivity index (χ1v) is 14.4. The Kier molecular flexibility index (Phi) is 25.9. The Morgan fingerprint density at radius 3 is 1.54 bits per heavy atom. The van der Waals surface area contributed by atoms with Gasteiger partial charge in [-0.2, -0.15) is 0 Å². The number of anilines is 1. The van der Waals surface area contributed by atoms with Gasteiger partial charge >= 0.3 is 0 Å². The van der Waals surface area contributed by atoms with Crippen LogP contribution in [0.15, 0.2) is 48.5 Å². The number of nitrogens with zero attached hydrogens (tertiary/aromatic N) is 2. The lowest BCUT2D eigenvalue weighted by Gasteiger charge is -2.28. The van der Waals surface area contributed by atoms with Crippen LogP contribution >= 0.6 is 0 Å². The zero-order chi connectivity index (χ0) is 27.0. The number of ether oxygens (including phenoxy) is 2. The van der Waals surface area contributed by atoms with Crippen LogP contribution < -0.4 is 4.90 Å². The minimum absolute atomic E-state index is 0. The van der Waals surface area contributed by atoms with Gasteiger partial charge in [0, 0.05) is 38.4 Å². The van der Waals surface area contributed by atoms with Gasteiger partial charge in [-0.05, 0) is 36.6 Å². The third-order valence-corrected chi connectivity index (χ3v) is 5.48. The van der Waals surface area contributed by atoms with Crippen LogP contribution in [0.3, 0.4) is 0 Å². The second kappa shape index (κ2) is 25.8. The third kappa shape index (κ3) is 17.3. The fraction of sp³-hybridized carbons (Fsp3) is 0.636. The topological polar surface area (TPSA) is 24.9 Å². The molecule has 214 valence electrons. The maximum Gasteiger partial charge on any atom is 0.0642 e. The van der Waals surface area contributed by atoms with Gasteiger partial charge in [0.15, 0.2) is 0 Å². The number of benzene rings is 2. The van der Waals surface area contributed by atoms with E-state index in [-0.39, 0.29) is 7.43 Å². The molecule has 37 heavy (non-hydrogen) atoms. The van der Waals surface area contributed by atoms with Crippen molar-refractivity contribution >= 4 is 5.69 Å². The summed E-state index contributed by atoms with van der Waals surface area (Å²) in [5.41, 5.74) is 5.50. The molecule has 2 aromatic rings. The van der Waals surface area contributed by atoms with E-state index in [1.54, 1.807) is 0 Å². The Morgan fingerprint density at radius 1 is 0.649 bits per heavy atom. The van der Waals surface area contributed by atoms with Crippen LogP contribution in [0.5, 0.6) is 0 Å². The Bertz CT molecular complexity index is 704. The quantitative estimate of drug-likeness (QED) is 0.398. The number of hydrogen-bond donors (Lipinski definition) is 0. The molecule has 0 N–H and O–H groups in total.